The highest BCUT2D eigenvalue weighted by molar-refractivity contribution is 5.79. The fourth-order valence-corrected chi connectivity index (χ4v) is 3.04. The van der Waals surface area contributed by atoms with Crippen LogP contribution in [0.25, 0.3) is 11.0 Å². The van der Waals surface area contributed by atoms with Crippen molar-refractivity contribution in [3.05, 3.63) is 77.4 Å². The molecule has 0 fully saturated rings. The summed E-state index contributed by atoms with van der Waals surface area (Å²) in [4.78, 5) is 9.97. The van der Waals surface area contributed by atoms with E-state index in [1.54, 1.807) is 18.3 Å². The average molecular weight is 331 g/mol. The molecule has 1 aliphatic heterocycles. The van der Waals surface area contributed by atoms with E-state index in [0.29, 0.717) is 0 Å². The van der Waals surface area contributed by atoms with Gasteiger partial charge in [-0.15, -0.1) is 0 Å². The summed E-state index contributed by atoms with van der Waals surface area (Å²) in [6.07, 6.45) is 6.98. The molecular formula is C21H18FN3. The Labute approximate surface area is 146 Å². The van der Waals surface area contributed by atoms with Crippen molar-refractivity contribution in [1.82, 2.24) is 14.9 Å². The van der Waals surface area contributed by atoms with Gasteiger partial charge in [0.25, 0.3) is 0 Å². The fourth-order valence-electron chi connectivity index (χ4n) is 3.04. The van der Waals surface area contributed by atoms with E-state index in [-0.39, 0.29) is 5.82 Å². The minimum absolute atomic E-state index is 0.231. The number of rotatable bonds is 2. The molecule has 0 spiro atoms. The number of nitrogens with one attached hydrogen (secondary N) is 1. The van der Waals surface area contributed by atoms with Gasteiger partial charge >= 0.3 is 0 Å². The second kappa shape index (κ2) is 6.92. The van der Waals surface area contributed by atoms with Gasteiger partial charge in [-0.05, 0) is 48.4 Å². The van der Waals surface area contributed by atoms with Crippen LogP contribution in [0.15, 0.2) is 60.4 Å². The van der Waals surface area contributed by atoms with Gasteiger partial charge in [0, 0.05) is 48.6 Å². The van der Waals surface area contributed by atoms with Gasteiger partial charge < -0.3 is 4.98 Å². The summed E-state index contributed by atoms with van der Waals surface area (Å²) < 4.78 is 12.9. The van der Waals surface area contributed by atoms with Crippen molar-refractivity contribution in [3.63, 3.8) is 0 Å². The molecule has 0 saturated carbocycles. The lowest BCUT2D eigenvalue weighted by Crippen LogP contribution is -2.28. The zero-order valence-electron chi connectivity index (χ0n) is 13.8. The van der Waals surface area contributed by atoms with Crippen LogP contribution < -0.4 is 0 Å². The van der Waals surface area contributed by atoms with Crippen LogP contribution in [-0.2, 0) is 6.54 Å². The number of pyridine rings is 1. The maximum absolute atomic E-state index is 12.9. The van der Waals surface area contributed by atoms with E-state index in [0.717, 1.165) is 42.8 Å². The first-order valence-corrected chi connectivity index (χ1v) is 8.38. The molecule has 4 rings (SSSR count). The molecule has 0 bridgehead atoms. The smallest absolute Gasteiger partial charge is 0.137 e. The predicted molar refractivity (Wildman–Crippen MR) is 97.3 cm³/mol. The van der Waals surface area contributed by atoms with Gasteiger partial charge in [-0.1, -0.05) is 17.9 Å². The molecule has 1 aliphatic rings. The normalized spacial score (nSPS) is 14.8. The van der Waals surface area contributed by atoms with Gasteiger partial charge in [-0.2, -0.15) is 0 Å². The maximum Gasteiger partial charge on any atom is 0.137 e. The van der Waals surface area contributed by atoms with Crippen LogP contribution in [0.5, 0.6) is 0 Å². The van der Waals surface area contributed by atoms with Crippen molar-refractivity contribution in [3.8, 4) is 11.8 Å². The molecule has 0 aliphatic carbocycles. The number of halogens is 1. The SMILES string of the molecule is Fc1ccc(C#CC2=CCN(Cc3c[nH]c4ncccc34)CC2)cc1. The number of benzene rings is 1. The maximum atomic E-state index is 12.9. The van der Waals surface area contributed by atoms with Crippen LogP contribution in [0.1, 0.15) is 17.5 Å². The van der Waals surface area contributed by atoms with E-state index in [1.165, 1.54) is 23.1 Å². The topological polar surface area (TPSA) is 31.9 Å². The van der Waals surface area contributed by atoms with E-state index in [4.69, 9.17) is 0 Å². The largest absolute Gasteiger partial charge is 0.346 e. The van der Waals surface area contributed by atoms with Crippen molar-refractivity contribution in [2.75, 3.05) is 13.1 Å². The van der Waals surface area contributed by atoms with E-state index in [2.05, 4.69) is 38.9 Å². The van der Waals surface area contributed by atoms with E-state index in [9.17, 15) is 4.39 Å². The monoisotopic (exact) mass is 331 g/mol. The summed E-state index contributed by atoms with van der Waals surface area (Å²) in [6, 6.07) is 10.4. The van der Waals surface area contributed by atoms with E-state index >= 15 is 0 Å². The molecule has 1 N–H and O–H groups in total. The van der Waals surface area contributed by atoms with Gasteiger partial charge in [0.05, 0.1) is 0 Å². The van der Waals surface area contributed by atoms with Crippen LogP contribution >= 0.6 is 0 Å². The number of aromatic nitrogens is 2. The summed E-state index contributed by atoms with van der Waals surface area (Å²) in [5, 5.41) is 1.19. The molecule has 0 atom stereocenters. The molecule has 4 heteroatoms. The molecule has 0 unspecified atom stereocenters. The lowest BCUT2D eigenvalue weighted by Gasteiger charge is -2.24. The van der Waals surface area contributed by atoms with Crippen LogP contribution in [-0.4, -0.2) is 28.0 Å². The first kappa shape index (κ1) is 15.6. The van der Waals surface area contributed by atoms with Crippen LogP contribution in [0.4, 0.5) is 4.39 Å². The van der Waals surface area contributed by atoms with Crippen molar-refractivity contribution in [2.45, 2.75) is 13.0 Å². The highest BCUT2D eigenvalue weighted by Crippen LogP contribution is 2.19. The van der Waals surface area contributed by atoms with Crippen molar-refractivity contribution < 1.29 is 4.39 Å². The summed E-state index contributed by atoms with van der Waals surface area (Å²) in [7, 11) is 0. The van der Waals surface area contributed by atoms with Crippen molar-refractivity contribution >= 4 is 11.0 Å². The second-order valence-corrected chi connectivity index (χ2v) is 6.18. The van der Waals surface area contributed by atoms with Crippen LogP contribution in [0.2, 0.25) is 0 Å². The standard InChI is InChI=1S/C21H18FN3/c22-19-7-5-16(6-8-19)3-4-17-9-12-25(13-10-17)15-18-14-24-21-20(18)2-1-11-23-21/h1-2,5-9,11,14H,10,12-13,15H2,(H,23,24). The highest BCUT2D eigenvalue weighted by Gasteiger charge is 2.13. The molecule has 25 heavy (non-hydrogen) atoms. The molecule has 3 heterocycles. The Kier molecular flexibility index (Phi) is 4.32. The zero-order chi connectivity index (χ0) is 17.1. The van der Waals surface area contributed by atoms with Crippen LogP contribution in [0.3, 0.4) is 0 Å². The lowest BCUT2D eigenvalue weighted by atomic mass is 10.1. The third kappa shape index (κ3) is 3.62. The average Bonchev–Trinajstić information content (AvgIpc) is 3.06. The number of fused-ring (bicyclic) bond motifs is 1. The number of hydrogen-bond acceptors (Lipinski definition) is 2. The number of H-pyrrole nitrogens is 1. The van der Waals surface area contributed by atoms with E-state index < -0.39 is 0 Å². The Hall–Kier alpha value is -2.90. The van der Waals surface area contributed by atoms with E-state index in [1.807, 2.05) is 12.3 Å². The lowest BCUT2D eigenvalue weighted by molar-refractivity contribution is 0.289. The van der Waals surface area contributed by atoms with Gasteiger partial charge in [0.15, 0.2) is 0 Å². The van der Waals surface area contributed by atoms with Gasteiger partial charge in [-0.25, -0.2) is 9.37 Å². The van der Waals surface area contributed by atoms with Gasteiger partial charge in [0.2, 0.25) is 0 Å². The van der Waals surface area contributed by atoms with Crippen molar-refractivity contribution in [2.24, 2.45) is 0 Å². The summed E-state index contributed by atoms with van der Waals surface area (Å²) in [5.41, 5.74) is 4.21. The zero-order valence-corrected chi connectivity index (χ0v) is 13.8. The Balaban J connectivity index is 1.41. The summed E-state index contributed by atoms with van der Waals surface area (Å²) in [5.74, 6) is 6.09. The molecule has 0 amide bonds. The third-order valence-electron chi connectivity index (χ3n) is 4.44. The second-order valence-electron chi connectivity index (χ2n) is 6.18. The Morgan fingerprint density at radius 3 is 2.84 bits per heavy atom. The van der Waals surface area contributed by atoms with Gasteiger partial charge in [0.1, 0.15) is 11.5 Å². The first-order chi connectivity index (χ1) is 12.3. The number of hydrogen-bond donors (Lipinski definition) is 1. The quantitative estimate of drug-likeness (QED) is 0.723. The molecular weight excluding hydrogens is 313 g/mol. The summed E-state index contributed by atoms with van der Waals surface area (Å²) >= 11 is 0. The Morgan fingerprint density at radius 1 is 1.16 bits per heavy atom. The molecule has 124 valence electrons. The Morgan fingerprint density at radius 2 is 2.04 bits per heavy atom. The predicted octanol–water partition coefficient (Wildman–Crippen LogP) is 3.89. The first-order valence-electron chi connectivity index (χ1n) is 8.38. The Bertz CT molecular complexity index is 974. The molecule has 3 nitrogen and oxygen atoms in total. The van der Waals surface area contributed by atoms with Crippen LogP contribution in [0, 0.1) is 17.7 Å². The molecule has 0 saturated heterocycles. The van der Waals surface area contributed by atoms with Gasteiger partial charge in [-0.3, -0.25) is 4.90 Å². The van der Waals surface area contributed by atoms with Crippen molar-refractivity contribution in [1.29, 1.82) is 0 Å². The molecule has 1 aromatic carbocycles. The minimum atomic E-state index is -0.231. The molecule has 3 aromatic rings. The fraction of sp³-hybridized carbons (Fsp3) is 0.190. The summed E-state index contributed by atoms with van der Waals surface area (Å²) in [6.45, 7) is 2.78. The number of aromatic amines is 1. The number of nitrogens with zero attached hydrogens (tertiary/aromatic N) is 2. The minimum Gasteiger partial charge on any atom is -0.346 e. The molecule has 2 aromatic heterocycles. The molecule has 0 radical (unpaired) electrons. The third-order valence-corrected chi connectivity index (χ3v) is 4.44. The highest BCUT2D eigenvalue weighted by atomic mass is 19.1.